The molecule has 4 aromatic heterocycles. The second-order valence-electron chi connectivity index (χ2n) is 10.3. The highest BCUT2D eigenvalue weighted by molar-refractivity contribution is 5.75. The number of methoxy groups -OCH3 is 1. The lowest BCUT2D eigenvalue weighted by molar-refractivity contribution is 0.104. The van der Waals surface area contributed by atoms with E-state index in [1.165, 1.54) is 17.8 Å². The molecule has 0 spiro atoms. The van der Waals surface area contributed by atoms with Gasteiger partial charge in [0.2, 0.25) is 0 Å². The van der Waals surface area contributed by atoms with Crippen molar-refractivity contribution in [2.45, 2.75) is 50.9 Å². The van der Waals surface area contributed by atoms with Crippen LogP contribution >= 0.6 is 0 Å². The summed E-state index contributed by atoms with van der Waals surface area (Å²) >= 11 is 0. The maximum atomic E-state index is 13.5. The molecule has 208 valence electrons. The van der Waals surface area contributed by atoms with Gasteiger partial charge in [0.1, 0.15) is 5.82 Å². The third-order valence-electron chi connectivity index (χ3n) is 8.01. The molecule has 11 nitrogen and oxygen atoms in total. The lowest BCUT2D eigenvalue weighted by Gasteiger charge is -2.41. The largest absolute Gasteiger partial charge is 0.493 e. The average molecular weight is 547 g/mol. The van der Waals surface area contributed by atoms with E-state index in [0.29, 0.717) is 34.8 Å². The predicted octanol–water partition coefficient (Wildman–Crippen LogP) is 2.62. The molecule has 6 rings (SSSR count). The fraction of sp³-hybridized carbons (Fsp3) is 0.429. The van der Waals surface area contributed by atoms with Crippen LogP contribution in [0.15, 0.2) is 36.8 Å². The van der Waals surface area contributed by atoms with Crippen LogP contribution in [0.25, 0.3) is 16.8 Å². The molecule has 0 amide bonds. The second-order valence-corrected chi connectivity index (χ2v) is 10.3. The summed E-state index contributed by atoms with van der Waals surface area (Å²) in [6.07, 6.45) is 8.72. The van der Waals surface area contributed by atoms with E-state index in [-0.39, 0.29) is 6.61 Å². The van der Waals surface area contributed by atoms with Crippen LogP contribution in [0, 0.1) is 24.2 Å². The molecule has 12 heteroatoms. The lowest BCUT2D eigenvalue weighted by Crippen LogP contribution is -2.52. The van der Waals surface area contributed by atoms with Gasteiger partial charge in [-0.15, -0.1) is 0 Å². The van der Waals surface area contributed by atoms with Gasteiger partial charge in [-0.05, 0) is 43.5 Å². The summed E-state index contributed by atoms with van der Waals surface area (Å²) in [6, 6.07) is 5.45. The van der Waals surface area contributed by atoms with E-state index in [0.717, 1.165) is 61.9 Å². The summed E-state index contributed by atoms with van der Waals surface area (Å²) in [7, 11) is 1.56. The van der Waals surface area contributed by atoms with Crippen molar-refractivity contribution >= 4 is 5.52 Å². The molecule has 1 fully saturated rings. The van der Waals surface area contributed by atoms with Gasteiger partial charge in [0, 0.05) is 49.0 Å². The quantitative estimate of drug-likeness (QED) is 0.253. The number of nitriles is 1. The summed E-state index contributed by atoms with van der Waals surface area (Å²) in [4.78, 5) is 6.60. The maximum Gasteiger partial charge on any atom is 0.176 e. The number of aliphatic hydroxyl groups excluding tert-OH is 1. The highest BCUT2D eigenvalue weighted by Crippen LogP contribution is 2.37. The van der Waals surface area contributed by atoms with Gasteiger partial charge < -0.3 is 19.9 Å². The first kappa shape index (κ1) is 26.0. The van der Waals surface area contributed by atoms with Crippen LogP contribution in [0.5, 0.6) is 11.5 Å². The molecule has 2 N–H and O–H groups in total. The summed E-state index contributed by atoms with van der Waals surface area (Å²) in [5.74, 6) is 0.496. The first-order chi connectivity index (χ1) is 19.5. The van der Waals surface area contributed by atoms with Crippen LogP contribution in [0.3, 0.4) is 0 Å². The van der Waals surface area contributed by atoms with E-state index < -0.39 is 11.9 Å². The fourth-order valence-electron chi connectivity index (χ4n) is 5.75. The number of hydrogen-bond donors (Lipinski definition) is 2. The van der Waals surface area contributed by atoms with Crippen molar-refractivity contribution in [1.82, 2.24) is 34.6 Å². The van der Waals surface area contributed by atoms with Crippen LogP contribution in [0.2, 0.25) is 0 Å². The predicted molar refractivity (Wildman–Crippen MR) is 143 cm³/mol. The first-order valence-electron chi connectivity index (χ1n) is 13.4. The van der Waals surface area contributed by atoms with Crippen molar-refractivity contribution in [2.24, 2.45) is 0 Å². The number of ether oxygens (including phenoxy) is 2. The standard InChI is InChI=1S/C28H31FN8O3/c1-17-23-5-6-35(21-10-20(11-21)32-16-30)7-8-36(23)34-27(17)18-9-24(28-25(39-2)13-33-37(28)14-18)40-26(15-38)22-4-3-19(29)12-31-22/h3-4,9,12-14,20-21,26,32,38H,5-8,10-11,15H2,1-2H3. The zero-order chi connectivity index (χ0) is 27.8. The van der Waals surface area contributed by atoms with Gasteiger partial charge >= 0.3 is 0 Å². The van der Waals surface area contributed by atoms with Crippen LogP contribution in [0.1, 0.15) is 35.9 Å². The number of aromatic nitrogens is 5. The van der Waals surface area contributed by atoms with Crippen molar-refractivity contribution in [3.63, 3.8) is 0 Å². The average Bonchev–Trinajstić information content (AvgIpc) is 3.43. The zero-order valence-electron chi connectivity index (χ0n) is 22.4. The Bertz CT molecular complexity index is 1550. The first-order valence-corrected chi connectivity index (χ1v) is 13.4. The molecule has 2 aliphatic rings. The molecule has 0 aromatic carbocycles. The highest BCUT2D eigenvalue weighted by atomic mass is 19.1. The van der Waals surface area contributed by atoms with Crippen molar-refractivity contribution in [2.75, 3.05) is 26.8 Å². The molecule has 1 atom stereocenters. The summed E-state index contributed by atoms with van der Waals surface area (Å²) in [5, 5.41) is 31.3. The number of pyridine rings is 2. The number of aliphatic hydroxyl groups is 1. The molecule has 0 radical (unpaired) electrons. The minimum Gasteiger partial charge on any atom is -0.493 e. The molecule has 1 unspecified atom stereocenters. The van der Waals surface area contributed by atoms with E-state index in [4.69, 9.17) is 19.8 Å². The van der Waals surface area contributed by atoms with Crippen LogP contribution in [-0.4, -0.2) is 73.3 Å². The van der Waals surface area contributed by atoms with Gasteiger partial charge in [0.25, 0.3) is 0 Å². The highest BCUT2D eigenvalue weighted by Gasteiger charge is 2.34. The topological polar surface area (TPSA) is 126 Å². The molecular weight excluding hydrogens is 515 g/mol. The normalized spacial score (nSPS) is 19.8. The van der Waals surface area contributed by atoms with Gasteiger partial charge in [-0.1, -0.05) is 0 Å². The molecular formula is C28H31FN8O3. The third kappa shape index (κ3) is 4.71. The Kier molecular flexibility index (Phi) is 7.00. The maximum absolute atomic E-state index is 13.5. The summed E-state index contributed by atoms with van der Waals surface area (Å²) < 4.78 is 29.0. The van der Waals surface area contributed by atoms with Crippen LogP contribution in [-0.2, 0) is 13.0 Å². The molecule has 0 saturated heterocycles. The number of rotatable bonds is 8. The third-order valence-corrected chi connectivity index (χ3v) is 8.01. The molecule has 1 aliphatic heterocycles. The van der Waals surface area contributed by atoms with E-state index >= 15 is 0 Å². The fourth-order valence-corrected chi connectivity index (χ4v) is 5.75. The number of nitrogens with zero attached hydrogens (tertiary/aromatic N) is 7. The minimum atomic E-state index is -0.820. The molecule has 5 heterocycles. The number of hydrogen-bond acceptors (Lipinski definition) is 9. The number of halogens is 1. The van der Waals surface area contributed by atoms with Crippen molar-refractivity contribution in [3.8, 4) is 28.9 Å². The van der Waals surface area contributed by atoms with Crippen LogP contribution in [0.4, 0.5) is 4.39 Å². The van der Waals surface area contributed by atoms with E-state index in [2.05, 4.69) is 38.1 Å². The van der Waals surface area contributed by atoms with Crippen LogP contribution < -0.4 is 14.8 Å². The van der Waals surface area contributed by atoms with Gasteiger partial charge in [-0.2, -0.15) is 15.5 Å². The monoisotopic (exact) mass is 546 g/mol. The molecule has 1 saturated carbocycles. The summed E-state index contributed by atoms with van der Waals surface area (Å²) in [6.45, 7) is 4.38. The molecule has 1 aliphatic carbocycles. The lowest BCUT2D eigenvalue weighted by atomic mass is 9.85. The Hall–Kier alpha value is -4.21. The Morgan fingerprint density at radius 3 is 2.80 bits per heavy atom. The van der Waals surface area contributed by atoms with Gasteiger partial charge in [-0.3, -0.25) is 14.6 Å². The Balaban J connectivity index is 1.30. The van der Waals surface area contributed by atoms with Gasteiger partial charge in [0.15, 0.2) is 29.3 Å². The zero-order valence-corrected chi connectivity index (χ0v) is 22.4. The summed E-state index contributed by atoms with van der Waals surface area (Å²) in [5.41, 5.74) is 4.96. The number of nitrogens with one attached hydrogen (secondary N) is 1. The van der Waals surface area contributed by atoms with E-state index in [9.17, 15) is 9.50 Å². The van der Waals surface area contributed by atoms with E-state index in [1.54, 1.807) is 17.8 Å². The minimum absolute atomic E-state index is 0.292. The Morgan fingerprint density at radius 1 is 1.23 bits per heavy atom. The van der Waals surface area contributed by atoms with Crippen molar-refractivity contribution in [1.29, 1.82) is 5.26 Å². The van der Waals surface area contributed by atoms with Crippen molar-refractivity contribution < 1.29 is 19.0 Å². The molecule has 4 aromatic rings. The SMILES string of the molecule is COc1cnn2cc(-c3nn4c(c3C)CCN(C3CC(NC#N)C3)CC4)cc(OC(CO)c3ccc(F)cn3)c12. The molecule has 40 heavy (non-hydrogen) atoms. The Labute approximate surface area is 230 Å². The van der Waals surface area contributed by atoms with Gasteiger partial charge in [0.05, 0.1) is 44.0 Å². The van der Waals surface area contributed by atoms with E-state index in [1.807, 2.05) is 12.3 Å². The molecule has 0 bridgehead atoms. The Morgan fingerprint density at radius 2 is 2.08 bits per heavy atom. The smallest absolute Gasteiger partial charge is 0.176 e. The van der Waals surface area contributed by atoms with Crippen molar-refractivity contribution in [3.05, 3.63) is 59.6 Å². The number of fused-ring (bicyclic) bond motifs is 2. The second kappa shape index (κ2) is 10.7. The van der Waals surface area contributed by atoms with Gasteiger partial charge in [-0.25, -0.2) is 8.91 Å².